The summed E-state index contributed by atoms with van der Waals surface area (Å²) in [6.07, 6.45) is 2.09. The van der Waals surface area contributed by atoms with Gasteiger partial charge in [0.15, 0.2) is 16.4 Å². The van der Waals surface area contributed by atoms with Gasteiger partial charge in [-0.1, -0.05) is 44.2 Å². The van der Waals surface area contributed by atoms with Gasteiger partial charge in [0.05, 0.1) is 11.3 Å². The average molecular weight is 404 g/mol. The van der Waals surface area contributed by atoms with E-state index >= 15 is 0 Å². The van der Waals surface area contributed by atoms with Gasteiger partial charge in [0.2, 0.25) is 0 Å². The van der Waals surface area contributed by atoms with Crippen LogP contribution in [0.2, 0.25) is 0 Å². The van der Waals surface area contributed by atoms with Crippen molar-refractivity contribution in [2.45, 2.75) is 31.9 Å². The third-order valence-corrected chi connectivity index (χ3v) is 5.19. The molecule has 6 nitrogen and oxygen atoms in total. The number of carbonyl (C=O) groups is 2. The van der Waals surface area contributed by atoms with Gasteiger partial charge in [-0.05, 0) is 41.7 Å². The predicted octanol–water partition coefficient (Wildman–Crippen LogP) is 3.54. The molecule has 0 unspecified atom stereocenters. The number of hydrogen-bond donors (Lipinski definition) is 1. The number of sulfone groups is 1. The molecule has 0 spiro atoms. The normalized spacial score (nSPS) is 12.2. The highest BCUT2D eigenvalue weighted by atomic mass is 32.2. The highest BCUT2D eigenvalue weighted by Gasteiger charge is 2.14. The second-order valence-corrected chi connectivity index (χ2v) is 8.93. The molecule has 1 atom stereocenters. The summed E-state index contributed by atoms with van der Waals surface area (Å²) in [7, 11) is -3.14. The third-order valence-electron chi connectivity index (χ3n) is 4.33. The Labute approximate surface area is 165 Å². The molecule has 2 rings (SSSR count). The largest absolute Gasteiger partial charge is 0.452 e. The van der Waals surface area contributed by atoms with E-state index < -0.39 is 28.3 Å². The number of benzene rings is 2. The van der Waals surface area contributed by atoms with Crippen LogP contribution in [0.25, 0.3) is 0 Å². The van der Waals surface area contributed by atoms with Crippen LogP contribution in [0.3, 0.4) is 0 Å². The Kier molecular flexibility index (Phi) is 7.34. The van der Waals surface area contributed by atoms with Crippen molar-refractivity contribution in [1.82, 2.24) is 0 Å². The van der Waals surface area contributed by atoms with Gasteiger partial charge in [-0.15, -0.1) is 0 Å². The molecule has 0 bridgehead atoms. The Hall–Kier alpha value is -2.67. The molecule has 28 heavy (non-hydrogen) atoms. The van der Waals surface area contributed by atoms with Gasteiger partial charge >= 0.3 is 5.97 Å². The van der Waals surface area contributed by atoms with Gasteiger partial charge < -0.3 is 10.1 Å². The summed E-state index contributed by atoms with van der Waals surface area (Å²) in [6, 6.07) is 13.6. The van der Waals surface area contributed by atoms with Gasteiger partial charge in [0.25, 0.3) is 5.91 Å². The van der Waals surface area contributed by atoms with E-state index in [2.05, 4.69) is 19.2 Å². The number of carbonyl (C=O) groups excluding carboxylic acids is 2. The minimum Gasteiger partial charge on any atom is -0.452 e. The van der Waals surface area contributed by atoms with E-state index in [0.29, 0.717) is 17.2 Å². The van der Waals surface area contributed by atoms with E-state index in [1.807, 2.05) is 24.3 Å². The van der Waals surface area contributed by atoms with Gasteiger partial charge in [-0.2, -0.15) is 0 Å². The second kappa shape index (κ2) is 9.50. The Balaban J connectivity index is 1.93. The molecular formula is C21H25NO5S. The van der Waals surface area contributed by atoms with Crippen LogP contribution in [0, 0.1) is 0 Å². The first kappa shape index (κ1) is 21.6. The number of para-hydroxylation sites is 1. The molecule has 0 aliphatic rings. The topological polar surface area (TPSA) is 89.5 Å². The second-order valence-electron chi connectivity index (χ2n) is 6.79. The van der Waals surface area contributed by atoms with Gasteiger partial charge in [-0.25, -0.2) is 13.2 Å². The van der Waals surface area contributed by atoms with Crippen LogP contribution in [-0.2, 0) is 25.1 Å². The average Bonchev–Trinajstić information content (AvgIpc) is 2.65. The summed E-state index contributed by atoms with van der Waals surface area (Å²) in [5, 5.41) is 2.78. The first-order chi connectivity index (χ1) is 13.2. The molecule has 0 saturated carbocycles. The summed E-state index contributed by atoms with van der Waals surface area (Å²) in [5.41, 5.74) is 2.58. The molecule has 0 saturated heterocycles. The van der Waals surface area contributed by atoms with Crippen molar-refractivity contribution >= 4 is 27.4 Å². The van der Waals surface area contributed by atoms with Crippen molar-refractivity contribution in [1.29, 1.82) is 0 Å². The van der Waals surface area contributed by atoms with Crippen LogP contribution in [0.4, 0.5) is 5.69 Å². The summed E-state index contributed by atoms with van der Waals surface area (Å²) >= 11 is 0. The highest BCUT2D eigenvalue weighted by Crippen LogP contribution is 2.26. The first-order valence-electron chi connectivity index (χ1n) is 9.02. The van der Waals surface area contributed by atoms with Crippen LogP contribution in [0.1, 0.15) is 47.7 Å². The number of rotatable bonds is 8. The van der Waals surface area contributed by atoms with Crippen molar-refractivity contribution in [3.8, 4) is 0 Å². The summed E-state index contributed by atoms with van der Waals surface area (Å²) < 4.78 is 27.7. The maximum absolute atomic E-state index is 12.2. The standard InChI is InChI=1S/C21H25NO5S/c1-4-15(2)18-7-5-6-8-19(18)22-20(23)13-27-21(24)17-11-9-16(10-12-17)14-28(3,25)26/h5-12,15H,4,13-14H2,1-3H3,(H,22,23)/t15-/m1/s1. The molecule has 2 aromatic carbocycles. The van der Waals surface area contributed by atoms with E-state index in [4.69, 9.17) is 4.74 Å². The van der Waals surface area contributed by atoms with Crippen LogP contribution < -0.4 is 5.32 Å². The van der Waals surface area contributed by atoms with E-state index in [0.717, 1.165) is 18.2 Å². The number of amides is 1. The van der Waals surface area contributed by atoms with Crippen molar-refractivity contribution < 1.29 is 22.7 Å². The number of esters is 1. The molecule has 7 heteroatoms. The van der Waals surface area contributed by atoms with Gasteiger partial charge in [0.1, 0.15) is 0 Å². The van der Waals surface area contributed by atoms with Crippen LogP contribution in [0.5, 0.6) is 0 Å². The zero-order valence-corrected chi connectivity index (χ0v) is 17.1. The van der Waals surface area contributed by atoms with Gasteiger partial charge in [-0.3, -0.25) is 4.79 Å². The monoisotopic (exact) mass is 403 g/mol. The molecule has 0 aromatic heterocycles. The lowest BCUT2D eigenvalue weighted by atomic mass is 9.97. The highest BCUT2D eigenvalue weighted by molar-refractivity contribution is 7.89. The lowest BCUT2D eigenvalue weighted by Gasteiger charge is -2.15. The summed E-state index contributed by atoms with van der Waals surface area (Å²) in [4.78, 5) is 24.3. The Morgan fingerprint density at radius 3 is 2.32 bits per heavy atom. The van der Waals surface area contributed by atoms with Crippen LogP contribution in [0.15, 0.2) is 48.5 Å². The summed E-state index contributed by atoms with van der Waals surface area (Å²) in [5.74, 6) is -0.862. The molecule has 0 fully saturated rings. The quantitative estimate of drug-likeness (QED) is 0.681. The molecule has 1 amide bonds. The number of anilines is 1. The van der Waals surface area contributed by atoms with Crippen LogP contribution >= 0.6 is 0 Å². The van der Waals surface area contributed by atoms with E-state index in [1.165, 1.54) is 12.1 Å². The predicted molar refractivity (Wildman–Crippen MR) is 109 cm³/mol. The molecule has 0 heterocycles. The maximum atomic E-state index is 12.2. The fourth-order valence-electron chi connectivity index (χ4n) is 2.70. The smallest absolute Gasteiger partial charge is 0.338 e. The lowest BCUT2D eigenvalue weighted by Crippen LogP contribution is -2.21. The van der Waals surface area contributed by atoms with Crippen molar-refractivity contribution in [3.63, 3.8) is 0 Å². The Morgan fingerprint density at radius 2 is 1.71 bits per heavy atom. The first-order valence-corrected chi connectivity index (χ1v) is 11.1. The maximum Gasteiger partial charge on any atom is 0.338 e. The SMILES string of the molecule is CC[C@@H](C)c1ccccc1NC(=O)COC(=O)c1ccc(CS(C)(=O)=O)cc1. The number of nitrogens with one attached hydrogen (secondary N) is 1. The molecule has 0 aliphatic heterocycles. The van der Waals surface area contributed by atoms with Crippen molar-refractivity contribution in [3.05, 3.63) is 65.2 Å². The lowest BCUT2D eigenvalue weighted by molar-refractivity contribution is -0.119. The third kappa shape index (κ3) is 6.49. The molecule has 2 aromatic rings. The minimum atomic E-state index is -3.14. The molecule has 0 aliphatic carbocycles. The fraction of sp³-hybridized carbons (Fsp3) is 0.333. The van der Waals surface area contributed by atoms with E-state index in [1.54, 1.807) is 12.1 Å². The zero-order valence-electron chi connectivity index (χ0n) is 16.3. The summed E-state index contributed by atoms with van der Waals surface area (Å²) in [6.45, 7) is 3.75. The van der Waals surface area contributed by atoms with Crippen molar-refractivity contribution in [2.75, 3.05) is 18.2 Å². The zero-order chi connectivity index (χ0) is 20.7. The Bertz CT molecular complexity index is 936. The van der Waals surface area contributed by atoms with Gasteiger partial charge in [0, 0.05) is 11.9 Å². The van der Waals surface area contributed by atoms with Crippen molar-refractivity contribution in [2.24, 2.45) is 0 Å². The Morgan fingerprint density at radius 1 is 1.07 bits per heavy atom. The number of ether oxygens (including phenoxy) is 1. The van der Waals surface area contributed by atoms with E-state index in [9.17, 15) is 18.0 Å². The molecule has 1 N–H and O–H groups in total. The molecule has 0 radical (unpaired) electrons. The fourth-order valence-corrected chi connectivity index (χ4v) is 3.50. The minimum absolute atomic E-state index is 0.0969. The number of hydrogen-bond acceptors (Lipinski definition) is 5. The molecular weight excluding hydrogens is 378 g/mol. The molecule has 150 valence electrons. The van der Waals surface area contributed by atoms with Crippen LogP contribution in [-0.4, -0.2) is 33.2 Å². The van der Waals surface area contributed by atoms with E-state index in [-0.39, 0.29) is 11.3 Å².